The Bertz CT molecular complexity index is 1070. The summed E-state index contributed by atoms with van der Waals surface area (Å²) in [5, 5.41) is 2.93. The van der Waals surface area contributed by atoms with Gasteiger partial charge >= 0.3 is 0 Å². The van der Waals surface area contributed by atoms with Crippen molar-refractivity contribution >= 4 is 11.6 Å². The third kappa shape index (κ3) is 3.87. The summed E-state index contributed by atoms with van der Waals surface area (Å²) < 4.78 is 35.0. The minimum atomic E-state index is -0.677. The Hall–Kier alpha value is -3.00. The first-order valence-electron chi connectivity index (χ1n) is 9.98. The SMILES string of the molecule is Cc1nc2c(OCc3c(F)cccc3F)cccn2c1C(=O)NCC1(N)CCCC1. The van der Waals surface area contributed by atoms with E-state index in [1.165, 1.54) is 18.2 Å². The largest absolute Gasteiger partial charge is 0.485 e. The van der Waals surface area contributed by atoms with Crippen LogP contribution in [0.25, 0.3) is 5.65 Å². The first kappa shape index (κ1) is 20.3. The fraction of sp³-hybridized carbons (Fsp3) is 0.364. The first-order chi connectivity index (χ1) is 14.4. The molecule has 3 aromatic rings. The van der Waals surface area contributed by atoms with Gasteiger partial charge in [-0.15, -0.1) is 0 Å². The van der Waals surface area contributed by atoms with Crippen molar-refractivity contribution < 1.29 is 18.3 Å². The second-order valence-electron chi connectivity index (χ2n) is 7.85. The quantitative estimate of drug-likeness (QED) is 0.647. The van der Waals surface area contributed by atoms with E-state index >= 15 is 0 Å². The van der Waals surface area contributed by atoms with Gasteiger partial charge < -0.3 is 15.8 Å². The molecule has 1 amide bonds. The van der Waals surface area contributed by atoms with E-state index in [0.29, 0.717) is 29.3 Å². The molecule has 2 aromatic heterocycles. The number of nitrogens with zero attached hydrogens (tertiary/aromatic N) is 2. The molecular formula is C22H24F2N4O2. The number of carbonyl (C=O) groups is 1. The van der Waals surface area contributed by atoms with Gasteiger partial charge in [0.1, 0.15) is 23.9 Å². The summed E-state index contributed by atoms with van der Waals surface area (Å²) in [6.45, 7) is 1.85. The lowest BCUT2D eigenvalue weighted by atomic mass is 9.99. The van der Waals surface area contributed by atoms with Crippen LogP contribution in [0.4, 0.5) is 8.78 Å². The number of imidazole rings is 1. The molecule has 1 aliphatic rings. The fourth-order valence-corrected chi connectivity index (χ4v) is 3.96. The summed E-state index contributed by atoms with van der Waals surface area (Å²) in [5.41, 5.74) is 7.13. The number of aromatic nitrogens is 2. The molecule has 0 atom stereocenters. The average Bonchev–Trinajstić information content (AvgIpc) is 3.29. The maximum atomic E-state index is 13.9. The second kappa shape index (κ2) is 8.02. The number of aryl methyl sites for hydroxylation is 1. The molecule has 3 N–H and O–H groups in total. The zero-order valence-electron chi connectivity index (χ0n) is 16.8. The van der Waals surface area contributed by atoms with Crippen molar-refractivity contribution in [2.75, 3.05) is 6.54 Å². The molecule has 4 rings (SSSR count). The monoisotopic (exact) mass is 414 g/mol. The van der Waals surface area contributed by atoms with Crippen molar-refractivity contribution in [2.45, 2.75) is 44.8 Å². The number of fused-ring (bicyclic) bond motifs is 1. The predicted molar refractivity (Wildman–Crippen MR) is 108 cm³/mol. The van der Waals surface area contributed by atoms with Crippen molar-refractivity contribution in [1.82, 2.24) is 14.7 Å². The van der Waals surface area contributed by atoms with Crippen molar-refractivity contribution in [3.8, 4) is 5.75 Å². The van der Waals surface area contributed by atoms with Crippen molar-refractivity contribution in [3.05, 3.63) is 65.1 Å². The maximum Gasteiger partial charge on any atom is 0.270 e. The van der Waals surface area contributed by atoms with Crippen LogP contribution in [0.15, 0.2) is 36.5 Å². The summed E-state index contributed by atoms with van der Waals surface area (Å²) >= 11 is 0. The predicted octanol–water partition coefficient (Wildman–Crippen LogP) is 3.50. The van der Waals surface area contributed by atoms with Crippen LogP contribution in [-0.2, 0) is 6.61 Å². The highest BCUT2D eigenvalue weighted by Crippen LogP contribution is 2.27. The highest BCUT2D eigenvalue weighted by molar-refractivity contribution is 5.95. The molecule has 6 nitrogen and oxygen atoms in total. The maximum absolute atomic E-state index is 13.9. The fourth-order valence-electron chi connectivity index (χ4n) is 3.96. The molecule has 1 aromatic carbocycles. The average molecular weight is 414 g/mol. The van der Waals surface area contributed by atoms with E-state index in [2.05, 4.69) is 10.3 Å². The smallest absolute Gasteiger partial charge is 0.270 e. The zero-order valence-corrected chi connectivity index (χ0v) is 16.8. The van der Waals surface area contributed by atoms with Gasteiger partial charge in [-0.05, 0) is 44.0 Å². The van der Waals surface area contributed by atoms with Crippen molar-refractivity contribution in [3.63, 3.8) is 0 Å². The number of hydrogen-bond donors (Lipinski definition) is 2. The molecule has 30 heavy (non-hydrogen) atoms. The number of halogens is 2. The Balaban J connectivity index is 1.56. The van der Waals surface area contributed by atoms with Crippen LogP contribution in [-0.4, -0.2) is 27.4 Å². The summed E-state index contributed by atoms with van der Waals surface area (Å²) in [6.07, 6.45) is 5.64. The number of nitrogens with one attached hydrogen (secondary N) is 1. The molecule has 0 bridgehead atoms. The molecular weight excluding hydrogens is 390 g/mol. The van der Waals surface area contributed by atoms with Gasteiger partial charge in [0.2, 0.25) is 0 Å². The third-order valence-corrected chi connectivity index (χ3v) is 5.64. The van der Waals surface area contributed by atoms with E-state index < -0.39 is 11.6 Å². The van der Waals surface area contributed by atoms with Gasteiger partial charge in [0, 0.05) is 18.3 Å². The van der Waals surface area contributed by atoms with Crippen molar-refractivity contribution in [1.29, 1.82) is 0 Å². The van der Waals surface area contributed by atoms with Gasteiger partial charge in [0.05, 0.1) is 11.3 Å². The van der Waals surface area contributed by atoms with Gasteiger partial charge in [-0.1, -0.05) is 18.9 Å². The number of nitrogens with two attached hydrogens (primary N) is 1. The Labute approximate surface area is 173 Å². The lowest BCUT2D eigenvalue weighted by molar-refractivity contribution is 0.0937. The molecule has 2 heterocycles. The first-order valence-corrected chi connectivity index (χ1v) is 9.98. The van der Waals surface area contributed by atoms with Gasteiger partial charge in [-0.3, -0.25) is 9.20 Å². The number of amides is 1. The molecule has 1 saturated carbocycles. The second-order valence-corrected chi connectivity index (χ2v) is 7.85. The topological polar surface area (TPSA) is 81.7 Å². The van der Waals surface area contributed by atoms with Crippen LogP contribution in [0.3, 0.4) is 0 Å². The van der Waals surface area contributed by atoms with E-state index in [4.69, 9.17) is 10.5 Å². The number of ether oxygens (including phenoxy) is 1. The molecule has 158 valence electrons. The standard InChI is InChI=1S/C22H24F2N4O2/c1-14-19(21(29)26-13-22(25)9-2-3-10-22)28-11-5-8-18(20(28)27-14)30-12-15-16(23)6-4-7-17(15)24/h4-8,11H,2-3,9-10,12-13,25H2,1H3,(H,26,29). The highest BCUT2D eigenvalue weighted by Gasteiger charge is 2.30. The van der Waals surface area contributed by atoms with Crippen LogP contribution in [0, 0.1) is 18.6 Å². The molecule has 0 spiro atoms. The highest BCUT2D eigenvalue weighted by atomic mass is 19.1. The molecule has 0 unspecified atom stereocenters. The van der Waals surface area contributed by atoms with Crippen LogP contribution < -0.4 is 15.8 Å². The van der Waals surface area contributed by atoms with Crippen LogP contribution in [0.1, 0.15) is 47.4 Å². The summed E-state index contributed by atoms with van der Waals surface area (Å²) in [5.74, 6) is -1.30. The number of rotatable bonds is 6. The molecule has 1 fully saturated rings. The molecule has 1 aliphatic carbocycles. The Morgan fingerprint density at radius 2 is 1.93 bits per heavy atom. The van der Waals surface area contributed by atoms with E-state index in [1.54, 1.807) is 29.7 Å². The minimum Gasteiger partial charge on any atom is -0.485 e. The van der Waals surface area contributed by atoms with Crippen LogP contribution in [0.5, 0.6) is 5.75 Å². The minimum absolute atomic E-state index is 0.162. The normalized spacial score (nSPS) is 15.5. The Morgan fingerprint density at radius 3 is 2.63 bits per heavy atom. The molecule has 0 saturated heterocycles. The van der Waals surface area contributed by atoms with Crippen LogP contribution in [0.2, 0.25) is 0 Å². The van der Waals surface area contributed by atoms with E-state index in [0.717, 1.165) is 25.7 Å². The van der Waals surface area contributed by atoms with Gasteiger partial charge in [0.25, 0.3) is 5.91 Å². The summed E-state index contributed by atoms with van der Waals surface area (Å²) in [6, 6.07) is 7.00. The van der Waals surface area contributed by atoms with Crippen molar-refractivity contribution in [2.24, 2.45) is 5.73 Å². The lowest BCUT2D eigenvalue weighted by Gasteiger charge is -2.23. The number of benzene rings is 1. The van der Waals surface area contributed by atoms with E-state index in [9.17, 15) is 13.6 Å². The molecule has 0 aliphatic heterocycles. The number of pyridine rings is 1. The van der Waals surface area contributed by atoms with E-state index in [-0.39, 0.29) is 23.6 Å². The number of carbonyl (C=O) groups excluding carboxylic acids is 1. The molecule has 0 radical (unpaired) electrons. The number of hydrogen-bond acceptors (Lipinski definition) is 4. The summed E-state index contributed by atoms with van der Waals surface area (Å²) in [4.78, 5) is 17.3. The van der Waals surface area contributed by atoms with E-state index in [1.807, 2.05) is 0 Å². The lowest BCUT2D eigenvalue weighted by Crippen LogP contribution is -2.48. The van der Waals surface area contributed by atoms with Gasteiger partial charge in [0.15, 0.2) is 11.4 Å². The van der Waals surface area contributed by atoms with Crippen LogP contribution >= 0.6 is 0 Å². The van der Waals surface area contributed by atoms with Gasteiger partial charge in [-0.2, -0.15) is 0 Å². The zero-order chi connectivity index (χ0) is 21.3. The summed E-state index contributed by atoms with van der Waals surface area (Å²) in [7, 11) is 0. The van der Waals surface area contributed by atoms with Gasteiger partial charge in [-0.25, -0.2) is 13.8 Å². The molecule has 8 heteroatoms. The third-order valence-electron chi connectivity index (χ3n) is 5.64. The Kier molecular flexibility index (Phi) is 5.42. The Morgan fingerprint density at radius 1 is 1.23 bits per heavy atom.